The summed E-state index contributed by atoms with van der Waals surface area (Å²) in [6.07, 6.45) is -5.04. The van der Waals surface area contributed by atoms with Crippen molar-refractivity contribution in [3.8, 4) is 0 Å². The normalized spacial score (nSPS) is 24.7. The molecule has 0 bridgehead atoms. The first-order valence-electron chi connectivity index (χ1n) is 9.10. The molecule has 2 amide bonds. The number of nitrogens with two attached hydrogens (primary N) is 1. The lowest BCUT2D eigenvalue weighted by atomic mass is 9.90. The maximum atomic E-state index is 14.9. The van der Waals surface area contributed by atoms with Crippen LogP contribution in [0.2, 0.25) is 0 Å². The van der Waals surface area contributed by atoms with Crippen molar-refractivity contribution in [2.45, 2.75) is 57.0 Å². The number of amides is 2. The number of ether oxygens (including phenoxy) is 1. The van der Waals surface area contributed by atoms with Crippen molar-refractivity contribution in [3.63, 3.8) is 0 Å². The van der Waals surface area contributed by atoms with E-state index in [2.05, 4.69) is 10.6 Å². The van der Waals surface area contributed by atoms with Gasteiger partial charge < -0.3 is 25.6 Å². The molecule has 10 heteroatoms. The van der Waals surface area contributed by atoms with Crippen molar-refractivity contribution >= 4 is 23.7 Å². The predicted molar refractivity (Wildman–Crippen MR) is 106 cm³/mol. The van der Waals surface area contributed by atoms with E-state index in [0.29, 0.717) is 17.9 Å². The lowest BCUT2D eigenvalue weighted by Crippen LogP contribution is -2.55. The summed E-state index contributed by atoms with van der Waals surface area (Å²) in [5.41, 5.74) is -0.0445. The van der Waals surface area contributed by atoms with Gasteiger partial charge in [0.15, 0.2) is 6.10 Å². The third-order valence-electron chi connectivity index (χ3n) is 4.22. The number of hydrogen-bond acceptors (Lipinski definition) is 6. The summed E-state index contributed by atoms with van der Waals surface area (Å²) in [6.45, 7) is 4.00. The number of urea groups is 1. The fourth-order valence-corrected chi connectivity index (χ4v) is 3.17. The molecule has 160 valence electrons. The Morgan fingerprint density at radius 1 is 1.32 bits per heavy atom. The molecule has 1 aliphatic rings. The minimum absolute atomic E-state index is 0.0727. The molecule has 0 aliphatic carbocycles. The van der Waals surface area contributed by atoms with Crippen LogP contribution in [0.15, 0.2) is 24.3 Å². The Labute approximate surface area is 168 Å². The molecule has 0 aromatic heterocycles. The fraction of sp³-hybridized carbons (Fsp3) is 0.611. The van der Waals surface area contributed by atoms with Gasteiger partial charge in [-0.05, 0) is 18.6 Å². The maximum absolute atomic E-state index is 14.9. The molecule has 4 unspecified atom stereocenters. The number of nitrogens with one attached hydrogen (secondary N) is 2. The Kier molecular flexibility index (Phi) is 10.1. The van der Waals surface area contributed by atoms with Crippen molar-refractivity contribution in [2.24, 2.45) is 5.14 Å². The zero-order chi connectivity index (χ0) is 21.3. The van der Waals surface area contributed by atoms with Gasteiger partial charge >= 0.3 is 12.0 Å². The Hall–Kier alpha value is -1.46. The number of benzene rings is 1. The summed E-state index contributed by atoms with van der Waals surface area (Å²) in [6, 6.07) is 4.47. The summed E-state index contributed by atoms with van der Waals surface area (Å²) in [7, 11) is 1.44. The van der Waals surface area contributed by atoms with Gasteiger partial charge in [0, 0.05) is 30.5 Å². The van der Waals surface area contributed by atoms with E-state index in [1.807, 2.05) is 13.8 Å². The van der Waals surface area contributed by atoms with E-state index in [9.17, 15) is 23.8 Å². The van der Waals surface area contributed by atoms with Crippen LogP contribution < -0.4 is 15.8 Å². The van der Waals surface area contributed by atoms with Crippen molar-refractivity contribution in [2.75, 3.05) is 18.1 Å². The molecule has 0 spiro atoms. The smallest absolute Gasteiger partial charge is 0.318 e. The monoisotopic (exact) mass is 421 g/mol. The molecule has 1 aliphatic heterocycles. The van der Waals surface area contributed by atoms with Crippen LogP contribution in [0.25, 0.3) is 0 Å². The number of alkyl halides is 2. The van der Waals surface area contributed by atoms with Crippen LogP contribution in [0.1, 0.15) is 32.3 Å². The molecule has 0 radical (unpaired) electrons. The predicted octanol–water partition coefficient (Wildman–Crippen LogP) is 2.43. The van der Waals surface area contributed by atoms with E-state index < -0.39 is 36.4 Å². The number of carbonyl (C=O) groups is 1. The molecular formula is C18H29F2N3O4S. The highest BCUT2D eigenvalue weighted by molar-refractivity contribution is 7.97. The minimum Gasteiger partial charge on any atom is -0.390 e. The van der Waals surface area contributed by atoms with E-state index in [4.69, 9.17) is 9.88 Å². The third-order valence-corrected chi connectivity index (χ3v) is 4.69. The van der Waals surface area contributed by atoms with E-state index in [1.165, 1.54) is 19.2 Å². The highest BCUT2D eigenvalue weighted by Gasteiger charge is 2.52. The number of rotatable bonds is 6. The standard InChI is InChI=1S/C16H23F2N3O4S.C2H6/c1-20-15(24)21-10-4-2-9(3-5-10)16(17,18)14-13(23)12(22)8-11(25-14)6-7-26-19;1-2/h2-5,11-14,22-23H,6-8,19H2,1H3,(H2,20,21,24);1-2H3. The average molecular weight is 422 g/mol. The second-order valence-electron chi connectivity index (χ2n) is 6.04. The largest absolute Gasteiger partial charge is 0.390 e. The van der Waals surface area contributed by atoms with Crippen molar-refractivity contribution in [1.29, 1.82) is 0 Å². The van der Waals surface area contributed by atoms with E-state index in [-0.39, 0.29) is 12.0 Å². The topological polar surface area (TPSA) is 117 Å². The molecule has 4 atom stereocenters. The minimum atomic E-state index is -3.53. The van der Waals surface area contributed by atoms with Crippen molar-refractivity contribution in [1.82, 2.24) is 5.32 Å². The van der Waals surface area contributed by atoms with Crippen LogP contribution in [0.5, 0.6) is 0 Å². The molecule has 1 aromatic carbocycles. The summed E-state index contributed by atoms with van der Waals surface area (Å²) in [5, 5.41) is 30.1. The number of carbonyl (C=O) groups excluding carboxylic acids is 1. The van der Waals surface area contributed by atoms with Crippen LogP contribution in [0, 0.1) is 0 Å². The molecule has 28 heavy (non-hydrogen) atoms. The first-order chi connectivity index (χ1) is 13.3. The zero-order valence-corrected chi connectivity index (χ0v) is 17.0. The van der Waals surface area contributed by atoms with Crippen LogP contribution in [-0.2, 0) is 10.7 Å². The van der Waals surface area contributed by atoms with Crippen LogP contribution in [0.4, 0.5) is 19.3 Å². The Morgan fingerprint density at radius 2 is 1.93 bits per heavy atom. The third kappa shape index (κ3) is 6.28. The molecule has 2 rings (SSSR count). The van der Waals surface area contributed by atoms with Crippen LogP contribution >= 0.6 is 11.9 Å². The molecule has 1 fully saturated rings. The Balaban J connectivity index is 0.00000190. The molecule has 7 nitrogen and oxygen atoms in total. The summed E-state index contributed by atoms with van der Waals surface area (Å²) >= 11 is 1.06. The van der Waals surface area contributed by atoms with Crippen molar-refractivity contribution < 1.29 is 28.5 Å². The first-order valence-corrected chi connectivity index (χ1v) is 10.1. The quantitative estimate of drug-likeness (QED) is 0.451. The van der Waals surface area contributed by atoms with Crippen LogP contribution in [0.3, 0.4) is 0 Å². The fourth-order valence-electron chi connectivity index (χ4n) is 2.77. The van der Waals surface area contributed by atoms with Gasteiger partial charge in [-0.15, -0.1) is 0 Å². The van der Waals surface area contributed by atoms with Gasteiger partial charge in [-0.1, -0.05) is 37.9 Å². The molecule has 0 saturated carbocycles. The lowest BCUT2D eigenvalue weighted by molar-refractivity contribution is -0.249. The zero-order valence-electron chi connectivity index (χ0n) is 16.2. The van der Waals surface area contributed by atoms with E-state index in [1.54, 1.807) is 0 Å². The Bertz CT molecular complexity index is 607. The molecule has 1 aromatic rings. The second-order valence-corrected chi connectivity index (χ2v) is 6.78. The van der Waals surface area contributed by atoms with Gasteiger partial charge in [0.1, 0.15) is 6.10 Å². The van der Waals surface area contributed by atoms with Crippen LogP contribution in [-0.4, -0.2) is 53.5 Å². The summed E-state index contributed by atoms with van der Waals surface area (Å²) in [5.74, 6) is -3.04. The van der Waals surface area contributed by atoms with Crippen molar-refractivity contribution in [3.05, 3.63) is 29.8 Å². The number of anilines is 1. The number of aliphatic hydroxyl groups is 2. The highest BCUT2D eigenvalue weighted by Crippen LogP contribution is 2.40. The van der Waals surface area contributed by atoms with Gasteiger partial charge in [0.05, 0.1) is 12.2 Å². The highest BCUT2D eigenvalue weighted by atomic mass is 32.2. The number of halogens is 2. The molecule has 6 N–H and O–H groups in total. The molecule has 1 saturated heterocycles. The second kappa shape index (κ2) is 11.5. The number of hydrogen-bond donors (Lipinski definition) is 5. The lowest BCUT2D eigenvalue weighted by Gasteiger charge is -2.40. The van der Waals surface area contributed by atoms with Gasteiger partial charge in [0.2, 0.25) is 0 Å². The summed E-state index contributed by atoms with van der Waals surface area (Å²) < 4.78 is 35.2. The maximum Gasteiger partial charge on any atom is 0.318 e. The van der Waals surface area contributed by atoms with Gasteiger partial charge in [-0.3, -0.25) is 5.14 Å². The number of aliphatic hydroxyl groups excluding tert-OH is 2. The molecular weight excluding hydrogens is 392 g/mol. The average Bonchev–Trinajstić information content (AvgIpc) is 2.70. The van der Waals surface area contributed by atoms with E-state index >= 15 is 0 Å². The van der Waals surface area contributed by atoms with E-state index in [0.717, 1.165) is 24.1 Å². The first kappa shape index (κ1) is 24.6. The van der Waals surface area contributed by atoms with Gasteiger partial charge in [-0.2, -0.15) is 8.78 Å². The van der Waals surface area contributed by atoms with Gasteiger partial charge in [-0.25, -0.2) is 4.79 Å². The van der Waals surface area contributed by atoms with Gasteiger partial charge in [0.25, 0.3) is 0 Å². The molecule has 1 heterocycles. The SMILES string of the molecule is CC.CNC(=O)Nc1ccc(C(F)(F)C2OC(CCSN)CC(O)C2O)cc1. The Morgan fingerprint density at radius 3 is 2.46 bits per heavy atom. The summed E-state index contributed by atoms with van der Waals surface area (Å²) in [4.78, 5) is 11.3.